The molecule has 0 amide bonds. The number of hydrogen-bond donors (Lipinski definition) is 3. The number of ether oxygens (including phenoxy) is 8. The summed E-state index contributed by atoms with van der Waals surface area (Å²) in [6.45, 7) is 43.9. The van der Waals surface area contributed by atoms with E-state index < -0.39 is 0 Å². The van der Waals surface area contributed by atoms with Gasteiger partial charge in [0.1, 0.15) is 59.2 Å². The Bertz CT molecular complexity index is 4770. The average Bonchev–Trinajstić information content (AvgIpc) is 0.735. The summed E-state index contributed by atoms with van der Waals surface area (Å²) in [6, 6.07) is 93.5. The molecule has 135 heavy (non-hydrogen) atoms. The highest BCUT2D eigenvalue weighted by molar-refractivity contribution is 5.82. The summed E-state index contributed by atoms with van der Waals surface area (Å²) in [4.78, 5) is 0. The van der Waals surface area contributed by atoms with Crippen molar-refractivity contribution in [3.8, 4) is 68.2 Å². The summed E-state index contributed by atoms with van der Waals surface area (Å²) in [5, 5.41) is 27.0. The molecule has 0 spiro atoms. The Morgan fingerprint density at radius 2 is 0.659 bits per heavy atom. The molecule has 11 aromatic rings. The Morgan fingerprint density at radius 1 is 0.333 bits per heavy atom. The maximum Gasteiger partial charge on any atom is 0.205 e. The van der Waals surface area contributed by atoms with Gasteiger partial charge in [-0.2, -0.15) is 0 Å². The summed E-state index contributed by atoms with van der Waals surface area (Å²) in [7, 11) is 0. The van der Waals surface area contributed by atoms with E-state index in [0.717, 1.165) is 114 Å². The smallest absolute Gasteiger partial charge is 0.205 e. The predicted octanol–water partition coefficient (Wildman–Crippen LogP) is 34.7. The molecule has 0 saturated heterocycles. The van der Waals surface area contributed by atoms with Crippen LogP contribution in [-0.2, 0) is 20.8 Å². The highest BCUT2D eigenvalue weighted by atomic mass is 16.7. The molecular formula is C124H166O11. The highest BCUT2D eigenvalue weighted by Crippen LogP contribution is 2.62. The van der Waals surface area contributed by atoms with Crippen LogP contribution in [0.25, 0.3) is 22.3 Å². The molecule has 5 aliphatic rings. The van der Waals surface area contributed by atoms with Gasteiger partial charge in [-0.1, -0.05) is 331 Å². The van der Waals surface area contributed by atoms with Crippen molar-refractivity contribution in [1.29, 1.82) is 0 Å². The second-order valence-electron chi connectivity index (χ2n) is 39.7. The van der Waals surface area contributed by atoms with E-state index >= 15 is 0 Å². The van der Waals surface area contributed by atoms with Crippen molar-refractivity contribution in [2.24, 2.45) is 28.6 Å². The first-order valence-corrected chi connectivity index (χ1v) is 51.3. The van der Waals surface area contributed by atoms with Crippen molar-refractivity contribution >= 4 is 0 Å². The molecule has 11 nitrogen and oxygen atoms in total. The van der Waals surface area contributed by atoms with Crippen LogP contribution in [0.3, 0.4) is 0 Å². The highest BCUT2D eigenvalue weighted by Gasteiger charge is 2.56. The fraction of sp³-hybridized carbons (Fsp3) is 0.468. The molecule has 4 bridgehead atoms. The van der Waals surface area contributed by atoms with E-state index in [-0.39, 0.29) is 29.7 Å². The van der Waals surface area contributed by atoms with Crippen molar-refractivity contribution in [2.45, 2.75) is 327 Å². The van der Waals surface area contributed by atoms with Crippen LogP contribution in [0, 0.1) is 28.6 Å². The quantitative estimate of drug-likeness (QED) is 0.0256. The van der Waals surface area contributed by atoms with Gasteiger partial charge in [-0.3, -0.25) is 0 Å². The molecule has 3 N–H and O–H groups in total. The molecule has 5 fully saturated rings. The Morgan fingerprint density at radius 3 is 1.00 bits per heavy atom. The fourth-order valence-corrected chi connectivity index (χ4v) is 18.5. The van der Waals surface area contributed by atoms with Crippen molar-refractivity contribution in [1.82, 2.24) is 0 Å². The molecule has 16 rings (SSSR count). The number of phenols is 3. The van der Waals surface area contributed by atoms with Gasteiger partial charge in [0, 0.05) is 29.6 Å². The van der Waals surface area contributed by atoms with E-state index in [1.165, 1.54) is 128 Å². The lowest BCUT2D eigenvalue weighted by atomic mass is 9.49. The maximum atomic E-state index is 9.01. The van der Waals surface area contributed by atoms with Crippen molar-refractivity contribution in [3.05, 3.63) is 324 Å². The van der Waals surface area contributed by atoms with Crippen LogP contribution in [-0.4, -0.2) is 60.1 Å². The largest absolute Gasteiger partial charge is 0.508 e. The number of aromatic hydroxyl groups is 3. The van der Waals surface area contributed by atoms with Gasteiger partial charge in [-0.05, 0) is 315 Å². The van der Waals surface area contributed by atoms with E-state index in [1.54, 1.807) is 36.4 Å². The molecule has 0 aromatic heterocycles. The monoisotopic (exact) mass is 1830 g/mol. The molecule has 5 aliphatic carbocycles. The van der Waals surface area contributed by atoms with Crippen LogP contribution >= 0.6 is 0 Å². The SMILES string of the molecule is CCC(C)c1ccc(O)cc1.CCC(C)c1ccc(O)cc1.CCC(C)c1ccc(O)cc1.CCC(C)c1ccc(OC(C)OCCOc2c(-c3ccccc3)cccc2-c2ccccc2)cc1.CCC(C)c1ccc(OC(CC(C)(C)C)OC2CCCCC2)cc1.CCC(C)c1ccc(OCc2ccccc2)cc1.CCOC(Oc1ccc(C(C)CC)cc1)C12CC3CC(CC(C3)C1)C2. The molecule has 10 atom stereocenters. The fourth-order valence-electron chi connectivity index (χ4n) is 18.5. The third-order valence-corrected chi connectivity index (χ3v) is 28.0. The van der Waals surface area contributed by atoms with Gasteiger partial charge in [-0.15, -0.1) is 0 Å². The van der Waals surface area contributed by atoms with Crippen LogP contribution < -0.4 is 23.7 Å². The number of para-hydroxylation sites is 1. The minimum atomic E-state index is -0.369. The van der Waals surface area contributed by atoms with Gasteiger partial charge in [0.15, 0.2) is 6.29 Å². The van der Waals surface area contributed by atoms with E-state index in [1.807, 2.05) is 110 Å². The number of rotatable bonds is 36. The van der Waals surface area contributed by atoms with E-state index in [9.17, 15) is 0 Å². The number of benzene rings is 11. The van der Waals surface area contributed by atoms with Gasteiger partial charge in [0.25, 0.3) is 0 Å². The van der Waals surface area contributed by atoms with Gasteiger partial charge >= 0.3 is 0 Å². The van der Waals surface area contributed by atoms with Crippen LogP contribution in [0.15, 0.2) is 279 Å². The summed E-state index contributed by atoms with van der Waals surface area (Å²) in [5.74, 6) is 12.5. The first-order valence-electron chi connectivity index (χ1n) is 51.3. The van der Waals surface area contributed by atoms with Crippen molar-refractivity contribution < 1.29 is 53.2 Å². The second kappa shape index (κ2) is 57.0. The number of hydrogen-bond acceptors (Lipinski definition) is 11. The van der Waals surface area contributed by atoms with Crippen LogP contribution in [0.1, 0.15) is 339 Å². The molecule has 11 aromatic carbocycles. The minimum absolute atomic E-state index is 0.0691. The molecule has 5 saturated carbocycles. The first kappa shape index (κ1) is 108. The Labute approximate surface area is 814 Å². The summed E-state index contributed by atoms with van der Waals surface area (Å²) < 4.78 is 49.2. The molecular weight excluding hydrogens is 1670 g/mol. The summed E-state index contributed by atoms with van der Waals surface area (Å²) in [6.07, 6.45) is 23.4. The minimum Gasteiger partial charge on any atom is -0.508 e. The Hall–Kier alpha value is -10.3. The lowest BCUT2D eigenvalue weighted by Gasteiger charge is -2.58. The summed E-state index contributed by atoms with van der Waals surface area (Å²) >= 11 is 0. The van der Waals surface area contributed by atoms with Crippen LogP contribution in [0.2, 0.25) is 0 Å². The zero-order valence-electron chi connectivity index (χ0n) is 85.5. The van der Waals surface area contributed by atoms with E-state index in [2.05, 4.69) is 264 Å². The number of phenolic OH excluding ortho intramolecular Hbond substituents is 3. The van der Waals surface area contributed by atoms with Gasteiger partial charge in [0.2, 0.25) is 12.6 Å². The van der Waals surface area contributed by atoms with E-state index in [4.69, 9.17) is 53.2 Å². The lowest BCUT2D eigenvalue weighted by molar-refractivity contribution is -0.213. The van der Waals surface area contributed by atoms with Gasteiger partial charge in [0.05, 0.1) is 12.7 Å². The molecule has 10 unspecified atom stereocenters. The Balaban J connectivity index is 0.000000184. The maximum absolute atomic E-state index is 9.01. The standard InChI is InChI=1S/C32H34O3.C23H34O2.C22H36O2.C17H20O.3C10H14O/c1-4-24(2)26-18-20-29(21-19-26)35-25(3)33-22-23-34-32-30(27-12-7-5-8-13-27)16-11-17-31(32)28-14-9-6-10-15-28;1-4-16(3)20-6-8-21(9-7-20)25-22(24-5-2)23-13-17-10-18(14-23)12-19(11-17)15-23;1-6-17(2)18-12-14-20(15-13-18)24-21(16-22(3,4)5)23-19-10-8-7-9-11-19;1-3-14(2)16-9-11-17(12-10-16)18-13-15-7-5-4-6-8-15;3*1-3-8(2)9-4-6-10(11)7-5-9/h5-21,24-25H,4,22-23H2,1-3H3;6-9,16-19,22H,4-5,10-15H2,1-3H3;12-15,17,19,21H,6-11,16H2,1-5H3;4-12,14H,3,13H2,1-2H3;3*4-8,11H,3H2,1-2H3. The molecule has 11 heteroatoms. The van der Waals surface area contributed by atoms with Crippen molar-refractivity contribution in [2.75, 3.05) is 19.8 Å². The van der Waals surface area contributed by atoms with E-state index in [0.29, 0.717) is 84.6 Å². The first-order chi connectivity index (χ1) is 65.1. The average molecular weight is 1830 g/mol. The topological polar surface area (TPSA) is 135 Å². The van der Waals surface area contributed by atoms with Gasteiger partial charge in [-0.25, -0.2) is 0 Å². The van der Waals surface area contributed by atoms with Gasteiger partial charge < -0.3 is 53.2 Å². The third kappa shape index (κ3) is 36.3. The molecule has 0 radical (unpaired) electrons. The lowest BCUT2D eigenvalue weighted by Crippen LogP contribution is -2.54. The van der Waals surface area contributed by atoms with Crippen LogP contribution in [0.4, 0.5) is 0 Å². The third-order valence-electron chi connectivity index (χ3n) is 28.0. The predicted molar refractivity (Wildman–Crippen MR) is 564 cm³/mol. The Kier molecular flexibility index (Phi) is 45.8. The molecule has 728 valence electrons. The zero-order valence-corrected chi connectivity index (χ0v) is 85.5. The van der Waals surface area contributed by atoms with Crippen LogP contribution in [0.5, 0.6) is 46.0 Å². The molecule has 0 aliphatic heterocycles. The van der Waals surface area contributed by atoms with Crippen molar-refractivity contribution in [3.63, 3.8) is 0 Å². The summed E-state index contributed by atoms with van der Waals surface area (Å²) in [5.41, 5.74) is 15.4. The zero-order chi connectivity index (χ0) is 97.1. The second-order valence-corrected chi connectivity index (χ2v) is 39.7. The molecule has 0 heterocycles. The normalized spacial score (nSPS) is 18.0.